The van der Waals surface area contributed by atoms with E-state index in [9.17, 15) is 12.8 Å². The molecule has 0 atom stereocenters. The van der Waals surface area contributed by atoms with Crippen molar-refractivity contribution in [1.29, 1.82) is 0 Å². The maximum atomic E-state index is 14.4. The van der Waals surface area contributed by atoms with Gasteiger partial charge in [-0.2, -0.15) is 4.31 Å². The zero-order chi connectivity index (χ0) is 16.2. The topological polar surface area (TPSA) is 52.7 Å². The fraction of sp³-hybridized carbons (Fsp3) is 0.538. The monoisotopic (exact) mass is 337 g/mol. The molecular formula is C13H21ClFN3O2S. The molecule has 0 aliphatic heterocycles. The normalized spacial score (nSPS) is 12.4. The standard InChI is InChI=1S/C13H21ClFN3O2S/c1-16-9-10-7-11(14)8-12(13(10)15)21(19,20)18(4)6-5-17(2)3/h7-8,16H,5-6,9H2,1-4H3. The minimum atomic E-state index is -3.91. The fourth-order valence-electron chi connectivity index (χ4n) is 1.75. The van der Waals surface area contributed by atoms with E-state index in [0.717, 1.165) is 10.4 Å². The van der Waals surface area contributed by atoms with E-state index in [2.05, 4.69) is 5.32 Å². The number of rotatable bonds is 7. The van der Waals surface area contributed by atoms with E-state index in [1.807, 2.05) is 19.0 Å². The van der Waals surface area contributed by atoms with Crippen LogP contribution in [0.25, 0.3) is 0 Å². The lowest BCUT2D eigenvalue weighted by Crippen LogP contribution is -2.34. The lowest BCUT2D eigenvalue weighted by Gasteiger charge is -2.20. The second kappa shape index (κ2) is 7.51. The summed E-state index contributed by atoms with van der Waals surface area (Å²) < 4.78 is 40.4. The molecule has 5 nitrogen and oxygen atoms in total. The summed E-state index contributed by atoms with van der Waals surface area (Å²) in [5, 5.41) is 2.98. The lowest BCUT2D eigenvalue weighted by molar-refractivity contribution is 0.357. The highest BCUT2D eigenvalue weighted by Gasteiger charge is 2.26. The van der Waals surface area contributed by atoms with E-state index in [4.69, 9.17) is 11.6 Å². The Hall–Kier alpha value is -0.730. The summed E-state index contributed by atoms with van der Waals surface area (Å²) in [6.45, 7) is 1.01. The van der Waals surface area contributed by atoms with Crippen LogP contribution >= 0.6 is 11.6 Å². The molecule has 0 unspecified atom stereocenters. The minimum Gasteiger partial charge on any atom is -0.316 e. The first-order chi connectivity index (χ1) is 9.70. The third-order valence-electron chi connectivity index (χ3n) is 3.00. The van der Waals surface area contributed by atoms with Crippen LogP contribution in [0.2, 0.25) is 5.02 Å². The van der Waals surface area contributed by atoms with Gasteiger partial charge in [0.05, 0.1) is 0 Å². The molecule has 1 aromatic rings. The molecule has 1 aromatic carbocycles. The summed E-state index contributed by atoms with van der Waals surface area (Å²) in [5.41, 5.74) is 0.226. The molecule has 0 bridgehead atoms. The molecule has 0 aliphatic carbocycles. The van der Waals surface area contributed by atoms with Gasteiger partial charge in [0.1, 0.15) is 10.7 Å². The maximum Gasteiger partial charge on any atom is 0.245 e. The van der Waals surface area contributed by atoms with Gasteiger partial charge in [-0.3, -0.25) is 0 Å². The van der Waals surface area contributed by atoms with Crippen LogP contribution in [0.4, 0.5) is 4.39 Å². The van der Waals surface area contributed by atoms with Gasteiger partial charge >= 0.3 is 0 Å². The number of nitrogens with zero attached hydrogens (tertiary/aromatic N) is 2. The van der Waals surface area contributed by atoms with Gasteiger partial charge in [0, 0.05) is 37.3 Å². The first-order valence-corrected chi connectivity index (χ1v) is 8.25. The highest BCUT2D eigenvalue weighted by molar-refractivity contribution is 7.89. The molecule has 21 heavy (non-hydrogen) atoms. The summed E-state index contributed by atoms with van der Waals surface area (Å²) >= 11 is 5.91. The number of benzene rings is 1. The lowest BCUT2D eigenvalue weighted by atomic mass is 10.2. The van der Waals surface area contributed by atoms with E-state index in [-0.39, 0.29) is 28.6 Å². The molecule has 1 N–H and O–H groups in total. The van der Waals surface area contributed by atoms with Gasteiger partial charge in [0.25, 0.3) is 0 Å². The Balaban J connectivity index is 3.18. The van der Waals surface area contributed by atoms with Crippen molar-refractivity contribution in [3.8, 4) is 0 Å². The quantitative estimate of drug-likeness (QED) is 0.816. The van der Waals surface area contributed by atoms with Crippen LogP contribution in [0.3, 0.4) is 0 Å². The molecule has 0 amide bonds. The third kappa shape index (κ3) is 4.62. The Morgan fingerprint density at radius 1 is 1.24 bits per heavy atom. The van der Waals surface area contributed by atoms with Gasteiger partial charge in [0.2, 0.25) is 10.0 Å². The zero-order valence-electron chi connectivity index (χ0n) is 12.7. The van der Waals surface area contributed by atoms with Crippen LogP contribution in [0.1, 0.15) is 5.56 Å². The van der Waals surface area contributed by atoms with Crippen molar-refractivity contribution in [2.75, 3.05) is 41.3 Å². The van der Waals surface area contributed by atoms with Crippen molar-refractivity contribution in [3.05, 3.63) is 28.5 Å². The van der Waals surface area contributed by atoms with Gasteiger partial charge in [-0.15, -0.1) is 0 Å². The Morgan fingerprint density at radius 2 is 1.86 bits per heavy atom. The number of hydrogen-bond acceptors (Lipinski definition) is 4. The van der Waals surface area contributed by atoms with Crippen LogP contribution in [-0.4, -0.2) is 58.9 Å². The third-order valence-corrected chi connectivity index (χ3v) is 5.07. The van der Waals surface area contributed by atoms with Crippen molar-refractivity contribution < 1.29 is 12.8 Å². The molecule has 0 saturated carbocycles. The molecule has 0 radical (unpaired) electrons. The van der Waals surface area contributed by atoms with Crippen LogP contribution in [-0.2, 0) is 16.6 Å². The maximum absolute atomic E-state index is 14.4. The molecule has 0 fully saturated rings. The van der Waals surface area contributed by atoms with Crippen molar-refractivity contribution >= 4 is 21.6 Å². The van der Waals surface area contributed by atoms with Crippen molar-refractivity contribution in [1.82, 2.24) is 14.5 Å². The predicted molar refractivity (Wildman–Crippen MR) is 82.5 cm³/mol. The van der Waals surface area contributed by atoms with Crippen LogP contribution in [0.15, 0.2) is 17.0 Å². The second-order valence-electron chi connectivity index (χ2n) is 5.04. The summed E-state index contributed by atoms with van der Waals surface area (Å²) in [5.74, 6) is -0.759. The predicted octanol–water partition coefficient (Wildman–Crippen LogP) is 1.38. The smallest absolute Gasteiger partial charge is 0.245 e. The molecule has 8 heteroatoms. The van der Waals surface area contributed by atoms with E-state index in [0.29, 0.717) is 6.54 Å². The SMILES string of the molecule is CNCc1cc(Cl)cc(S(=O)(=O)N(C)CCN(C)C)c1F. The fourth-order valence-corrected chi connectivity index (χ4v) is 3.35. The molecule has 0 aromatic heterocycles. The average Bonchev–Trinajstić information content (AvgIpc) is 2.39. The number of nitrogens with one attached hydrogen (secondary N) is 1. The molecule has 0 spiro atoms. The van der Waals surface area contributed by atoms with Crippen LogP contribution in [0, 0.1) is 5.82 Å². The Morgan fingerprint density at radius 3 is 2.38 bits per heavy atom. The molecule has 0 saturated heterocycles. The van der Waals surface area contributed by atoms with Crippen molar-refractivity contribution in [2.45, 2.75) is 11.4 Å². The molecule has 1 rings (SSSR count). The highest BCUT2D eigenvalue weighted by Crippen LogP contribution is 2.25. The van der Waals surface area contributed by atoms with E-state index in [1.54, 1.807) is 7.05 Å². The molecular weight excluding hydrogens is 317 g/mol. The largest absolute Gasteiger partial charge is 0.316 e. The van der Waals surface area contributed by atoms with Gasteiger partial charge in [-0.1, -0.05) is 11.6 Å². The molecule has 0 heterocycles. The van der Waals surface area contributed by atoms with E-state index in [1.165, 1.54) is 13.1 Å². The van der Waals surface area contributed by atoms with Gasteiger partial charge in [0.15, 0.2) is 0 Å². The summed E-state index contributed by atoms with van der Waals surface area (Å²) in [7, 11) is 2.85. The van der Waals surface area contributed by atoms with Crippen molar-refractivity contribution in [2.24, 2.45) is 0 Å². The second-order valence-corrected chi connectivity index (χ2v) is 7.49. The average molecular weight is 338 g/mol. The first-order valence-electron chi connectivity index (χ1n) is 6.43. The van der Waals surface area contributed by atoms with Gasteiger partial charge < -0.3 is 10.2 Å². The zero-order valence-corrected chi connectivity index (χ0v) is 14.2. The van der Waals surface area contributed by atoms with Crippen molar-refractivity contribution in [3.63, 3.8) is 0 Å². The molecule has 120 valence electrons. The van der Waals surface area contributed by atoms with E-state index < -0.39 is 15.8 Å². The summed E-state index contributed by atoms with van der Waals surface area (Å²) in [4.78, 5) is 1.47. The Kier molecular flexibility index (Phi) is 6.55. The number of hydrogen-bond donors (Lipinski definition) is 1. The highest BCUT2D eigenvalue weighted by atomic mass is 35.5. The number of likely N-dealkylation sites (N-methyl/N-ethyl adjacent to an activating group) is 2. The number of halogens is 2. The van der Waals surface area contributed by atoms with E-state index >= 15 is 0 Å². The number of sulfonamides is 1. The Bertz CT molecular complexity index is 593. The first kappa shape index (κ1) is 18.3. The van der Waals surface area contributed by atoms with Gasteiger partial charge in [-0.25, -0.2) is 12.8 Å². The minimum absolute atomic E-state index is 0.196. The Labute approximate surface area is 130 Å². The molecule has 0 aliphatic rings. The summed E-state index contributed by atoms with van der Waals surface area (Å²) in [6.07, 6.45) is 0. The summed E-state index contributed by atoms with van der Waals surface area (Å²) in [6, 6.07) is 2.57. The van der Waals surface area contributed by atoms with Crippen LogP contribution in [0.5, 0.6) is 0 Å². The van der Waals surface area contributed by atoms with Gasteiger partial charge in [-0.05, 0) is 33.3 Å². The van der Waals surface area contributed by atoms with Crippen LogP contribution < -0.4 is 5.32 Å².